The Hall–Kier alpha value is -2.33. The molecule has 1 aliphatic rings. The molecule has 3 aromatic carbocycles. The van der Waals surface area contributed by atoms with Crippen LogP contribution in [0.5, 0.6) is 5.75 Å². The van der Waals surface area contributed by atoms with Crippen LogP contribution in [0.4, 0.5) is 0 Å². The molecule has 27 heavy (non-hydrogen) atoms. The first-order valence-electron chi connectivity index (χ1n) is 9.33. The number of rotatable bonds is 5. The third-order valence-electron chi connectivity index (χ3n) is 5.19. The summed E-state index contributed by atoms with van der Waals surface area (Å²) in [6, 6.07) is 18.5. The standard InChI is InChI=1S/C23H22BrNO2/c1-15(18-10-9-16-6-4-7-19(16)13-18)25-22(26)14-27-21-12-11-17-5-2-3-8-20(17)23(21)24/h2-3,5,8-13,15H,4,6-7,14H2,1H3,(H,25,26)/t15-/m0/s1. The minimum atomic E-state index is -0.122. The monoisotopic (exact) mass is 423 g/mol. The Labute approximate surface area is 167 Å². The molecule has 1 N–H and O–H groups in total. The van der Waals surface area contributed by atoms with Gasteiger partial charge in [-0.1, -0.05) is 48.5 Å². The number of carbonyl (C=O) groups is 1. The molecule has 1 aliphatic carbocycles. The second-order valence-corrected chi connectivity index (χ2v) is 7.85. The molecule has 1 atom stereocenters. The zero-order valence-corrected chi connectivity index (χ0v) is 16.9. The number of aryl methyl sites for hydroxylation is 2. The summed E-state index contributed by atoms with van der Waals surface area (Å²) in [7, 11) is 0. The van der Waals surface area contributed by atoms with Gasteiger partial charge in [0.25, 0.3) is 5.91 Å². The second kappa shape index (κ2) is 7.73. The highest BCUT2D eigenvalue weighted by Crippen LogP contribution is 2.33. The molecule has 0 saturated heterocycles. The third kappa shape index (κ3) is 3.86. The van der Waals surface area contributed by atoms with Crippen molar-refractivity contribution < 1.29 is 9.53 Å². The van der Waals surface area contributed by atoms with Gasteiger partial charge in [-0.25, -0.2) is 0 Å². The van der Waals surface area contributed by atoms with Gasteiger partial charge in [0.15, 0.2) is 6.61 Å². The van der Waals surface area contributed by atoms with Crippen LogP contribution in [-0.2, 0) is 17.6 Å². The van der Waals surface area contributed by atoms with Gasteiger partial charge in [-0.15, -0.1) is 0 Å². The molecular formula is C23H22BrNO2. The average molecular weight is 424 g/mol. The molecule has 0 spiro atoms. The lowest BCUT2D eigenvalue weighted by molar-refractivity contribution is -0.123. The molecule has 3 aromatic rings. The summed E-state index contributed by atoms with van der Waals surface area (Å²) >= 11 is 3.59. The Bertz CT molecular complexity index is 999. The van der Waals surface area contributed by atoms with Gasteiger partial charge in [0.2, 0.25) is 0 Å². The van der Waals surface area contributed by atoms with Crippen LogP contribution in [0.25, 0.3) is 10.8 Å². The molecule has 0 aromatic heterocycles. The first-order chi connectivity index (χ1) is 13.1. The Morgan fingerprint density at radius 1 is 1.11 bits per heavy atom. The molecule has 0 unspecified atom stereocenters. The van der Waals surface area contributed by atoms with Gasteiger partial charge in [0, 0.05) is 0 Å². The van der Waals surface area contributed by atoms with Crippen molar-refractivity contribution in [3.05, 3.63) is 75.8 Å². The van der Waals surface area contributed by atoms with Gasteiger partial charge in [0.1, 0.15) is 5.75 Å². The highest BCUT2D eigenvalue weighted by Gasteiger charge is 2.15. The molecule has 138 valence electrons. The van der Waals surface area contributed by atoms with Crippen LogP contribution >= 0.6 is 15.9 Å². The Morgan fingerprint density at radius 3 is 2.81 bits per heavy atom. The van der Waals surface area contributed by atoms with Crippen LogP contribution in [0.3, 0.4) is 0 Å². The lowest BCUT2D eigenvalue weighted by Crippen LogP contribution is -2.31. The zero-order chi connectivity index (χ0) is 18.8. The Balaban J connectivity index is 1.39. The van der Waals surface area contributed by atoms with Crippen molar-refractivity contribution in [3.8, 4) is 5.75 Å². The van der Waals surface area contributed by atoms with E-state index in [1.54, 1.807) is 0 Å². The molecule has 0 radical (unpaired) electrons. The number of hydrogen-bond donors (Lipinski definition) is 1. The minimum Gasteiger partial charge on any atom is -0.483 e. The fraction of sp³-hybridized carbons (Fsp3) is 0.261. The molecule has 4 heteroatoms. The van der Waals surface area contributed by atoms with Gasteiger partial charge in [-0.3, -0.25) is 4.79 Å². The van der Waals surface area contributed by atoms with E-state index in [9.17, 15) is 4.79 Å². The predicted molar refractivity (Wildman–Crippen MR) is 112 cm³/mol. The number of hydrogen-bond acceptors (Lipinski definition) is 2. The maximum Gasteiger partial charge on any atom is 0.258 e. The number of carbonyl (C=O) groups excluding carboxylic acids is 1. The molecule has 0 bridgehead atoms. The van der Waals surface area contributed by atoms with E-state index < -0.39 is 0 Å². The van der Waals surface area contributed by atoms with E-state index >= 15 is 0 Å². The van der Waals surface area contributed by atoms with Gasteiger partial charge < -0.3 is 10.1 Å². The molecule has 0 fully saturated rings. The zero-order valence-electron chi connectivity index (χ0n) is 15.3. The van der Waals surface area contributed by atoms with Crippen molar-refractivity contribution in [2.45, 2.75) is 32.2 Å². The van der Waals surface area contributed by atoms with E-state index in [0.717, 1.165) is 27.2 Å². The largest absolute Gasteiger partial charge is 0.483 e. The van der Waals surface area contributed by atoms with Gasteiger partial charge in [-0.2, -0.15) is 0 Å². The van der Waals surface area contributed by atoms with Crippen molar-refractivity contribution >= 4 is 32.6 Å². The molecule has 0 heterocycles. The number of halogens is 1. The molecule has 4 rings (SSSR count). The maximum atomic E-state index is 12.4. The number of benzene rings is 3. The van der Waals surface area contributed by atoms with Crippen molar-refractivity contribution in [1.82, 2.24) is 5.32 Å². The summed E-state index contributed by atoms with van der Waals surface area (Å²) in [5.41, 5.74) is 4.02. The molecule has 1 amide bonds. The first-order valence-corrected chi connectivity index (χ1v) is 10.1. The third-order valence-corrected chi connectivity index (χ3v) is 6.00. The second-order valence-electron chi connectivity index (χ2n) is 7.06. The summed E-state index contributed by atoms with van der Waals surface area (Å²) in [6.07, 6.45) is 3.54. The van der Waals surface area contributed by atoms with E-state index in [2.05, 4.69) is 45.5 Å². The quantitative estimate of drug-likeness (QED) is 0.600. The summed E-state index contributed by atoms with van der Waals surface area (Å²) in [6.45, 7) is 2.01. The van der Waals surface area contributed by atoms with Crippen LogP contribution in [0.2, 0.25) is 0 Å². The van der Waals surface area contributed by atoms with Crippen LogP contribution in [0, 0.1) is 0 Å². The van der Waals surface area contributed by atoms with Crippen LogP contribution in [0.15, 0.2) is 59.1 Å². The van der Waals surface area contributed by atoms with Crippen LogP contribution in [0.1, 0.15) is 36.1 Å². The fourth-order valence-electron chi connectivity index (χ4n) is 3.70. The van der Waals surface area contributed by atoms with E-state index in [-0.39, 0.29) is 18.6 Å². The highest BCUT2D eigenvalue weighted by atomic mass is 79.9. The van der Waals surface area contributed by atoms with E-state index in [1.807, 2.05) is 37.3 Å². The van der Waals surface area contributed by atoms with Crippen molar-refractivity contribution in [2.24, 2.45) is 0 Å². The lowest BCUT2D eigenvalue weighted by atomic mass is 10.0. The minimum absolute atomic E-state index is 0.00772. The topological polar surface area (TPSA) is 38.3 Å². The number of amides is 1. The Morgan fingerprint density at radius 2 is 1.93 bits per heavy atom. The number of ether oxygens (including phenoxy) is 1. The van der Waals surface area contributed by atoms with Crippen molar-refractivity contribution in [3.63, 3.8) is 0 Å². The van der Waals surface area contributed by atoms with Gasteiger partial charge in [-0.05, 0) is 75.6 Å². The molecule has 0 saturated carbocycles. The predicted octanol–water partition coefficient (Wildman–Crippen LogP) is 5.35. The fourth-order valence-corrected chi connectivity index (χ4v) is 4.30. The molecule has 3 nitrogen and oxygen atoms in total. The average Bonchev–Trinajstić information content (AvgIpc) is 3.15. The van der Waals surface area contributed by atoms with Gasteiger partial charge >= 0.3 is 0 Å². The lowest BCUT2D eigenvalue weighted by Gasteiger charge is -2.16. The summed E-state index contributed by atoms with van der Waals surface area (Å²) < 4.78 is 6.63. The van der Waals surface area contributed by atoms with Crippen molar-refractivity contribution in [1.29, 1.82) is 0 Å². The summed E-state index contributed by atoms with van der Waals surface area (Å²) in [5, 5.41) is 5.24. The van der Waals surface area contributed by atoms with E-state index in [4.69, 9.17) is 4.74 Å². The smallest absolute Gasteiger partial charge is 0.258 e. The Kier molecular flexibility index (Phi) is 5.17. The molecular weight excluding hydrogens is 402 g/mol. The van der Waals surface area contributed by atoms with Crippen LogP contribution < -0.4 is 10.1 Å². The number of nitrogens with one attached hydrogen (secondary N) is 1. The van der Waals surface area contributed by atoms with Crippen molar-refractivity contribution in [2.75, 3.05) is 6.61 Å². The van der Waals surface area contributed by atoms with Gasteiger partial charge in [0.05, 0.1) is 10.5 Å². The SMILES string of the molecule is C[C@H](NC(=O)COc1ccc2ccccc2c1Br)c1ccc2c(c1)CCC2. The normalized spacial score (nSPS) is 14.0. The molecule has 0 aliphatic heterocycles. The maximum absolute atomic E-state index is 12.4. The summed E-state index contributed by atoms with van der Waals surface area (Å²) in [5.74, 6) is 0.553. The number of fused-ring (bicyclic) bond motifs is 2. The highest BCUT2D eigenvalue weighted by molar-refractivity contribution is 9.10. The van der Waals surface area contributed by atoms with Crippen LogP contribution in [-0.4, -0.2) is 12.5 Å². The van der Waals surface area contributed by atoms with E-state index in [0.29, 0.717) is 5.75 Å². The summed E-state index contributed by atoms with van der Waals surface area (Å²) in [4.78, 5) is 12.4. The van der Waals surface area contributed by atoms with E-state index in [1.165, 1.54) is 24.0 Å². The first kappa shape index (κ1) is 18.1.